The predicted molar refractivity (Wildman–Crippen MR) is 70.8 cm³/mol. The molecule has 0 radical (unpaired) electrons. The summed E-state index contributed by atoms with van der Waals surface area (Å²) in [7, 11) is 0. The predicted octanol–water partition coefficient (Wildman–Crippen LogP) is -0.448. The van der Waals surface area contributed by atoms with Crippen molar-refractivity contribution in [1.29, 1.82) is 0 Å². The normalized spacial score (nSPS) is 15.1. The molecule has 0 aliphatic carbocycles. The van der Waals surface area contributed by atoms with E-state index in [1.165, 1.54) is 0 Å². The number of carbonyl (C=O) groups excluding carboxylic acids is 2. The van der Waals surface area contributed by atoms with E-state index in [2.05, 4.69) is 15.6 Å². The van der Waals surface area contributed by atoms with Crippen molar-refractivity contribution in [2.24, 2.45) is 0 Å². The highest BCUT2D eigenvalue weighted by Crippen LogP contribution is 1.98. The topological polar surface area (TPSA) is 74.3 Å². The fraction of sp³-hybridized carbons (Fsp3) is 0.462. The average molecular weight is 262 g/mol. The second kappa shape index (κ2) is 6.29. The third kappa shape index (κ3) is 3.75. The standard InChI is InChI=1S/C13H18N4O2/c1-10-3-2-4-11(16-10)13(19)15-9-12(18)17-7-5-14-6-8-17/h2-4,14H,5-9H2,1H3,(H,15,19). The first-order valence-electron chi connectivity index (χ1n) is 6.37. The minimum absolute atomic E-state index is 0.0223. The van der Waals surface area contributed by atoms with Crippen molar-refractivity contribution in [2.75, 3.05) is 32.7 Å². The van der Waals surface area contributed by atoms with Crippen molar-refractivity contribution in [3.63, 3.8) is 0 Å². The summed E-state index contributed by atoms with van der Waals surface area (Å²) in [5, 5.41) is 5.79. The van der Waals surface area contributed by atoms with Gasteiger partial charge in [-0.15, -0.1) is 0 Å². The Labute approximate surface area is 112 Å². The largest absolute Gasteiger partial charge is 0.342 e. The van der Waals surface area contributed by atoms with Crippen LogP contribution in [0.15, 0.2) is 18.2 Å². The molecule has 1 aromatic rings. The molecule has 2 N–H and O–H groups in total. The molecule has 1 fully saturated rings. The van der Waals surface area contributed by atoms with E-state index < -0.39 is 0 Å². The van der Waals surface area contributed by atoms with Gasteiger partial charge >= 0.3 is 0 Å². The van der Waals surface area contributed by atoms with Gasteiger partial charge in [-0.25, -0.2) is 4.98 Å². The van der Waals surface area contributed by atoms with E-state index in [1.54, 1.807) is 17.0 Å². The number of nitrogens with one attached hydrogen (secondary N) is 2. The van der Waals surface area contributed by atoms with Crippen molar-refractivity contribution >= 4 is 11.8 Å². The van der Waals surface area contributed by atoms with E-state index in [4.69, 9.17) is 0 Å². The first-order chi connectivity index (χ1) is 9.16. The molecule has 1 aromatic heterocycles. The van der Waals surface area contributed by atoms with Crippen LogP contribution in [0.5, 0.6) is 0 Å². The number of nitrogens with zero attached hydrogens (tertiary/aromatic N) is 2. The molecule has 0 atom stereocenters. The molecule has 19 heavy (non-hydrogen) atoms. The zero-order valence-corrected chi connectivity index (χ0v) is 11.0. The van der Waals surface area contributed by atoms with Gasteiger partial charge in [0.15, 0.2) is 0 Å². The summed E-state index contributed by atoms with van der Waals surface area (Å²) in [4.78, 5) is 29.6. The number of pyridine rings is 1. The van der Waals surface area contributed by atoms with Crippen LogP contribution in [0.4, 0.5) is 0 Å². The second-order valence-corrected chi connectivity index (χ2v) is 4.48. The average Bonchev–Trinajstić information content (AvgIpc) is 2.45. The van der Waals surface area contributed by atoms with Crippen LogP contribution >= 0.6 is 0 Å². The number of aryl methyl sites for hydroxylation is 1. The zero-order valence-electron chi connectivity index (χ0n) is 11.0. The maximum atomic E-state index is 11.9. The lowest BCUT2D eigenvalue weighted by Gasteiger charge is -2.27. The van der Waals surface area contributed by atoms with Gasteiger partial charge in [0.2, 0.25) is 5.91 Å². The molecular weight excluding hydrogens is 244 g/mol. The Morgan fingerprint density at radius 1 is 1.37 bits per heavy atom. The van der Waals surface area contributed by atoms with Crippen LogP contribution in [-0.4, -0.2) is 54.4 Å². The zero-order chi connectivity index (χ0) is 13.7. The molecule has 1 aliphatic rings. The fourth-order valence-electron chi connectivity index (χ4n) is 1.94. The van der Waals surface area contributed by atoms with Gasteiger partial charge < -0.3 is 15.5 Å². The quantitative estimate of drug-likeness (QED) is 0.774. The maximum absolute atomic E-state index is 11.9. The number of aromatic nitrogens is 1. The molecule has 1 aliphatic heterocycles. The van der Waals surface area contributed by atoms with Crippen molar-refractivity contribution in [2.45, 2.75) is 6.92 Å². The molecule has 6 nitrogen and oxygen atoms in total. The molecule has 0 aromatic carbocycles. The SMILES string of the molecule is Cc1cccc(C(=O)NCC(=O)N2CCNCC2)n1. The maximum Gasteiger partial charge on any atom is 0.270 e. The van der Waals surface area contributed by atoms with E-state index in [-0.39, 0.29) is 18.4 Å². The number of carbonyl (C=O) groups is 2. The Morgan fingerprint density at radius 3 is 2.79 bits per heavy atom. The molecule has 1 saturated heterocycles. The summed E-state index contributed by atoms with van der Waals surface area (Å²) in [5.74, 6) is -0.366. The Hall–Kier alpha value is -1.95. The Morgan fingerprint density at radius 2 is 2.11 bits per heavy atom. The lowest BCUT2D eigenvalue weighted by molar-refractivity contribution is -0.130. The summed E-state index contributed by atoms with van der Waals surface area (Å²) in [6.45, 7) is 4.84. The lowest BCUT2D eigenvalue weighted by atomic mass is 10.3. The first-order valence-corrected chi connectivity index (χ1v) is 6.37. The third-order valence-corrected chi connectivity index (χ3v) is 2.99. The van der Waals surface area contributed by atoms with Crippen molar-refractivity contribution < 1.29 is 9.59 Å². The molecule has 0 saturated carbocycles. The molecule has 0 bridgehead atoms. The lowest BCUT2D eigenvalue weighted by Crippen LogP contribution is -2.49. The number of amides is 2. The molecule has 0 spiro atoms. The summed E-state index contributed by atoms with van der Waals surface area (Å²) < 4.78 is 0. The summed E-state index contributed by atoms with van der Waals surface area (Å²) >= 11 is 0. The van der Waals surface area contributed by atoms with Crippen LogP contribution in [0.2, 0.25) is 0 Å². The number of hydrogen-bond acceptors (Lipinski definition) is 4. The Bertz CT molecular complexity index is 469. The highest BCUT2D eigenvalue weighted by molar-refractivity contribution is 5.94. The fourth-order valence-corrected chi connectivity index (χ4v) is 1.94. The number of hydrogen-bond donors (Lipinski definition) is 2. The second-order valence-electron chi connectivity index (χ2n) is 4.48. The summed E-state index contributed by atoms with van der Waals surface area (Å²) in [5.41, 5.74) is 1.12. The molecule has 102 valence electrons. The third-order valence-electron chi connectivity index (χ3n) is 2.99. The van der Waals surface area contributed by atoms with Gasteiger partial charge in [0.1, 0.15) is 5.69 Å². The summed E-state index contributed by atoms with van der Waals surface area (Å²) in [6.07, 6.45) is 0. The van der Waals surface area contributed by atoms with Crippen LogP contribution in [0.25, 0.3) is 0 Å². The van der Waals surface area contributed by atoms with E-state index in [0.29, 0.717) is 18.8 Å². The molecule has 2 amide bonds. The summed E-state index contributed by atoms with van der Waals surface area (Å²) in [6, 6.07) is 5.23. The number of rotatable bonds is 3. The monoisotopic (exact) mass is 262 g/mol. The number of piperazine rings is 1. The van der Waals surface area contributed by atoms with Gasteiger partial charge in [-0.3, -0.25) is 9.59 Å². The van der Waals surface area contributed by atoms with Crippen LogP contribution in [0, 0.1) is 6.92 Å². The van der Waals surface area contributed by atoms with Crippen LogP contribution < -0.4 is 10.6 Å². The minimum Gasteiger partial charge on any atom is -0.342 e. The van der Waals surface area contributed by atoms with E-state index in [0.717, 1.165) is 18.8 Å². The van der Waals surface area contributed by atoms with Gasteiger partial charge in [-0.05, 0) is 19.1 Å². The van der Waals surface area contributed by atoms with Gasteiger partial charge in [0, 0.05) is 31.9 Å². The Balaban J connectivity index is 1.84. The van der Waals surface area contributed by atoms with E-state index >= 15 is 0 Å². The van der Waals surface area contributed by atoms with Crippen LogP contribution in [-0.2, 0) is 4.79 Å². The van der Waals surface area contributed by atoms with Crippen molar-refractivity contribution in [3.8, 4) is 0 Å². The van der Waals surface area contributed by atoms with E-state index in [9.17, 15) is 9.59 Å². The minimum atomic E-state index is -0.313. The van der Waals surface area contributed by atoms with Crippen molar-refractivity contribution in [3.05, 3.63) is 29.6 Å². The molecule has 0 unspecified atom stereocenters. The van der Waals surface area contributed by atoms with E-state index in [1.807, 2.05) is 13.0 Å². The van der Waals surface area contributed by atoms with Gasteiger partial charge in [0.05, 0.1) is 6.54 Å². The first kappa shape index (κ1) is 13.5. The van der Waals surface area contributed by atoms with Gasteiger partial charge in [-0.2, -0.15) is 0 Å². The Kier molecular flexibility index (Phi) is 4.46. The van der Waals surface area contributed by atoms with Gasteiger partial charge in [-0.1, -0.05) is 6.07 Å². The van der Waals surface area contributed by atoms with Crippen LogP contribution in [0.1, 0.15) is 16.2 Å². The highest BCUT2D eigenvalue weighted by Gasteiger charge is 2.17. The van der Waals surface area contributed by atoms with Crippen LogP contribution in [0.3, 0.4) is 0 Å². The van der Waals surface area contributed by atoms with Gasteiger partial charge in [0.25, 0.3) is 5.91 Å². The molecule has 2 heterocycles. The van der Waals surface area contributed by atoms with Crippen molar-refractivity contribution in [1.82, 2.24) is 20.5 Å². The molecular formula is C13H18N4O2. The molecule has 2 rings (SSSR count). The highest BCUT2D eigenvalue weighted by atomic mass is 16.2. The smallest absolute Gasteiger partial charge is 0.270 e. The molecule has 6 heteroatoms.